The summed E-state index contributed by atoms with van der Waals surface area (Å²) >= 11 is 0. The van der Waals surface area contributed by atoms with Crippen LogP contribution in [0.5, 0.6) is 0 Å². The summed E-state index contributed by atoms with van der Waals surface area (Å²) in [5, 5.41) is 9.08. The van der Waals surface area contributed by atoms with Crippen LogP contribution in [-0.4, -0.2) is 22.5 Å². The van der Waals surface area contributed by atoms with Crippen LogP contribution in [0.4, 0.5) is 0 Å². The first-order valence-corrected chi connectivity index (χ1v) is 10.9. The second kappa shape index (κ2) is 10.6. The van der Waals surface area contributed by atoms with Gasteiger partial charge in [-0.25, -0.2) is 4.79 Å². The summed E-state index contributed by atoms with van der Waals surface area (Å²) in [5.74, 6) is -0.902. The van der Waals surface area contributed by atoms with Gasteiger partial charge in [-0.15, -0.1) is 0 Å². The summed E-state index contributed by atoms with van der Waals surface area (Å²) < 4.78 is 0. The highest BCUT2D eigenvalue weighted by Gasteiger charge is 2.09. The number of carboxylic acids is 1. The lowest BCUT2D eigenvalue weighted by atomic mass is 10.0. The summed E-state index contributed by atoms with van der Waals surface area (Å²) in [4.78, 5) is 13.6. The molecule has 0 aromatic heterocycles. The molecule has 0 aliphatic carbocycles. The minimum atomic E-state index is -0.902. The van der Waals surface area contributed by atoms with Crippen LogP contribution < -0.4 is 0 Å². The first-order chi connectivity index (χ1) is 15.7. The average Bonchev–Trinajstić information content (AvgIpc) is 2.84. The maximum Gasteiger partial charge on any atom is 0.335 e. The lowest BCUT2D eigenvalue weighted by molar-refractivity contribution is 0.0697. The SMILES string of the molecule is O=C(O)c1ccc(-c2ccc(CN(CCc3ccccc3)Cc3ccccc3)cc2)cc1. The van der Waals surface area contributed by atoms with Gasteiger partial charge in [0.1, 0.15) is 0 Å². The molecule has 0 aliphatic rings. The zero-order chi connectivity index (χ0) is 22.2. The van der Waals surface area contributed by atoms with Gasteiger partial charge in [-0.1, -0.05) is 97.1 Å². The summed E-state index contributed by atoms with van der Waals surface area (Å²) in [7, 11) is 0. The normalized spacial score (nSPS) is 10.9. The quantitative estimate of drug-likeness (QED) is 0.345. The highest BCUT2D eigenvalue weighted by molar-refractivity contribution is 5.88. The zero-order valence-electron chi connectivity index (χ0n) is 18.0. The maximum atomic E-state index is 11.1. The molecule has 0 radical (unpaired) electrons. The zero-order valence-corrected chi connectivity index (χ0v) is 18.0. The number of hydrogen-bond acceptors (Lipinski definition) is 2. The average molecular weight is 422 g/mol. The topological polar surface area (TPSA) is 40.5 Å². The van der Waals surface area contributed by atoms with Crippen molar-refractivity contribution in [1.82, 2.24) is 4.90 Å². The van der Waals surface area contributed by atoms with Crippen molar-refractivity contribution in [3.63, 3.8) is 0 Å². The molecule has 4 rings (SSSR count). The standard InChI is InChI=1S/C29H27NO2/c31-29(32)28-17-15-27(16-18-28)26-13-11-25(12-14-26)22-30(21-24-9-5-2-6-10-24)20-19-23-7-3-1-4-8-23/h1-18H,19-22H2,(H,31,32). The number of aromatic carboxylic acids is 1. The molecule has 0 fully saturated rings. The number of hydrogen-bond donors (Lipinski definition) is 1. The second-order valence-corrected chi connectivity index (χ2v) is 8.01. The third-order valence-electron chi connectivity index (χ3n) is 5.63. The van der Waals surface area contributed by atoms with Gasteiger partial charge in [-0.2, -0.15) is 0 Å². The number of carbonyl (C=O) groups is 1. The van der Waals surface area contributed by atoms with Crippen LogP contribution in [0, 0.1) is 0 Å². The van der Waals surface area contributed by atoms with Crippen LogP contribution in [0.1, 0.15) is 27.0 Å². The van der Waals surface area contributed by atoms with Crippen LogP contribution in [0.3, 0.4) is 0 Å². The third-order valence-corrected chi connectivity index (χ3v) is 5.63. The molecule has 0 bridgehead atoms. The number of rotatable bonds is 9. The van der Waals surface area contributed by atoms with Crippen molar-refractivity contribution in [1.29, 1.82) is 0 Å². The van der Waals surface area contributed by atoms with Gasteiger partial charge in [-0.05, 0) is 46.4 Å². The van der Waals surface area contributed by atoms with E-state index in [2.05, 4.69) is 89.8 Å². The van der Waals surface area contributed by atoms with E-state index in [0.29, 0.717) is 5.56 Å². The fraction of sp³-hybridized carbons (Fsp3) is 0.138. The Kier molecular flexibility index (Phi) is 7.11. The molecule has 0 saturated heterocycles. The molecule has 160 valence electrons. The molecule has 0 spiro atoms. The van der Waals surface area contributed by atoms with E-state index >= 15 is 0 Å². The Bertz CT molecular complexity index is 1120. The Morgan fingerprint density at radius 2 is 1.06 bits per heavy atom. The van der Waals surface area contributed by atoms with Gasteiger partial charge in [0, 0.05) is 19.6 Å². The van der Waals surface area contributed by atoms with E-state index in [0.717, 1.165) is 37.2 Å². The van der Waals surface area contributed by atoms with E-state index in [1.165, 1.54) is 16.7 Å². The van der Waals surface area contributed by atoms with Crippen molar-refractivity contribution in [2.75, 3.05) is 6.54 Å². The van der Waals surface area contributed by atoms with Gasteiger partial charge in [0.05, 0.1) is 5.56 Å². The van der Waals surface area contributed by atoms with Crippen molar-refractivity contribution in [3.8, 4) is 11.1 Å². The highest BCUT2D eigenvalue weighted by Crippen LogP contribution is 2.21. The monoisotopic (exact) mass is 421 g/mol. The molecule has 3 heteroatoms. The van der Waals surface area contributed by atoms with Gasteiger partial charge in [0.25, 0.3) is 0 Å². The van der Waals surface area contributed by atoms with E-state index in [9.17, 15) is 4.79 Å². The number of carboxylic acid groups (broad SMARTS) is 1. The molecule has 4 aromatic rings. The Hall–Kier alpha value is -3.69. The van der Waals surface area contributed by atoms with Crippen molar-refractivity contribution in [3.05, 3.63) is 131 Å². The summed E-state index contributed by atoms with van der Waals surface area (Å²) in [6.07, 6.45) is 1.02. The van der Waals surface area contributed by atoms with Crippen LogP contribution >= 0.6 is 0 Å². The minimum absolute atomic E-state index is 0.306. The van der Waals surface area contributed by atoms with E-state index in [-0.39, 0.29) is 0 Å². The first kappa shape index (κ1) is 21.5. The van der Waals surface area contributed by atoms with Crippen LogP contribution in [-0.2, 0) is 19.5 Å². The van der Waals surface area contributed by atoms with E-state index in [1.807, 2.05) is 12.1 Å². The molecular formula is C29H27NO2. The smallest absolute Gasteiger partial charge is 0.335 e. The van der Waals surface area contributed by atoms with Crippen molar-refractivity contribution < 1.29 is 9.90 Å². The molecule has 0 amide bonds. The molecule has 0 saturated carbocycles. The molecule has 0 unspecified atom stereocenters. The fourth-order valence-corrected chi connectivity index (χ4v) is 3.85. The largest absolute Gasteiger partial charge is 0.478 e. The van der Waals surface area contributed by atoms with Gasteiger partial charge >= 0.3 is 5.97 Å². The second-order valence-electron chi connectivity index (χ2n) is 8.01. The molecule has 0 aliphatic heterocycles. The minimum Gasteiger partial charge on any atom is -0.478 e. The van der Waals surface area contributed by atoms with Crippen molar-refractivity contribution >= 4 is 5.97 Å². The van der Waals surface area contributed by atoms with Crippen LogP contribution in [0.15, 0.2) is 109 Å². The fourth-order valence-electron chi connectivity index (χ4n) is 3.85. The van der Waals surface area contributed by atoms with E-state index < -0.39 is 5.97 Å². The van der Waals surface area contributed by atoms with Crippen molar-refractivity contribution in [2.24, 2.45) is 0 Å². The number of nitrogens with zero attached hydrogens (tertiary/aromatic N) is 1. The number of benzene rings is 4. The lowest BCUT2D eigenvalue weighted by Crippen LogP contribution is -2.25. The summed E-state index contributed by atoms with van der Waals surface area (Å²) in [6.45, 7) is 2.77. The molecule has 1 N–H and O–H groups in total. The first-order valence-electron chi connectivity index (χ1n) is 10.9. The molecule has 4 aromatic carbocycles. The summed E-state index contributed by atoms with van der Waals surface area (Å²) in [6, 6.07) is 36.8. The third kappa shape index (κ3) is 5.93. The molecular weight excluding hydrogens is 394 g/mol. The predicted molar refractivity (Wildman–Crippen MR) is 130 cm³/mol. The van der Waals surface area contributed by atoms with Gasteiger partial charge in [0.2, 0.25) is 0 Å². The molecule has 0 heterocycles. The molecule has 32 heavy (non-hydrogen) atoms. The Labute approximate surface area is 189 Å². The van der Waals surface area contributed by atoms with Gasteiger partial charge in [0.15, 0.2) is 0 Å². The predicted octanol–water partition coefficient (Wildman–Crippen LogP) is 6.30. The molecule has 3 nitrogen and oxygen atoms in total. The Morgan fingerprint density at radius 3 is 1.59 bits per heavy atom. The highest BCUT2D eigenvalue weighted by atomic mass is 16.4. The van der Waals surface area contributed by atoms with Gasteiger partial charge < -0.3 is 5.11 Å². The van der Waals surface area contributed by atoms with E-state index in [1.54, 1.807) is 12.1 Å². The van der Waals surface area contributed by atoms with Gasteiger partial charge in [-0.3, -0.25) is 4.90 Å². The lowest BCUT2D eigenvalue weighted by Gasteiger charge is -2.23. The summed E-state index contributed by atoms with van der Waals surface area (Å²) in [5.41, 5.74) is 6.35. The van der Waals surface area contributed by atoms with Crippen LogP contribution in [0.2, 0.25) is 0 Å². The Balaban J connectivity index is 1.46. The maximum absolute atomic E-state index is 11.1. The Morgan fingerprint density at radius 1 is 0.594 bits per heavy atom. The van der Waals surface area contributed by atoms with E-state index in [4.69, 9.17) is 5.11 Å². The van der Waals surface area contributed by atoms with Crippen LogP contribution in [0.25, 0.3) is 11.1 Å². The molecule has 0 atom stereocenters. The van der Waals surface area contributed by atoms with Crippen molar-refractivity contribution in [2.45, 2.75) is 19.5 Å².